The number of phenolic OH excluding ortho intramolecular Hbond substituents is 1. The van der Waals surface area contributed by atoms with Gasteiger partial charge in [0.15, 0.2) is 17.4 Å². The fourth-order valence-corrected chi connectivity index (χ4v) is 2.48. The number of phenols is 1. The molecule has 0 fully saturated rings. The van der Waals surface area contributed by atoms with E-state index in [0.29, 0.717) is 24.3 Å². The number of Topliss-reactive ketones (excluding diaryl/α,β-unsaturated/α-hetero) is 1. The summed E-state index contributed by atoms with van der Waals surface area (Å²) in [5, 5.41) is 17.2. The number of nitrogens with two attached hydrogens (primary N) is 1. The molecule has 0 saturated heterocycles. The van der Waals surface area contributed by atoms with Crippen molar-refractivity contribution in [2.24, 2.45) is 0 Å². The summed E-state index contributed by atoms with van der Waals surface area (Å²) < 4.78 is 14.1. The summed E-state index contributed by atoms with van der Waals surface area (Å²) in [6, 6.07) is 13.7. The van der Waals surface area contributed by atoms with Gasteiger partial charge in [0.1, 0.15) is 18.0 Å². The zero-order valence-electron chi connectivity index (χ0n) is 15.3. The molecule has 7 nitrogen and oxygen atoms in total. The summed E-state index contributed by atoms with van der Waals surface area (Å²) in [4.78, 5) is 19.6. The summed E-state index contributed by atoms with van der Waals surface area (Å²) in [5.41, 5.74) is 2.11. The van der Waals surface area contributed by atoms with Crippen LogP contribution in [0.5, 0.6) is 5.75 Å². The summed E-state index contributed by atoms with van der Waals surface area (Å²) in [5.74, 6) is -0.186. The van der Waals surface area contributed by atoms with Gasteiger partial charge in [-0.1, -0.05) is 19.1 Å². The maximum atomic E-state index is 14.1. The molecule has 5 N–H and O–H groups in total. The number of halogens is 1. The number of hydrogen-bond donors (Lipinski definition) is 4. The van der Waals surface area contributed by atoms with Crippen molar-refractivity contribution in [3.8, 4) is 5.75 Å². The maximum Gasteiger partial charge on any atom is 0.229 e. The molecule has 28 heavy (non-hydrogen) atoms. The lowest BCUT2D eigenvalue weighted by Gasteiger charge is -2.10. The average molecular weight is 382 g/mol. The van der Waals surface area contributed by atoms with Crippen LogP contribution in [0.15, 0.2) is 54.7 Å². The largest absolute Gasteiger partial charge is 0.508 e. The molecule has 0 saturated carbocycles. The van der Waals surface area contributed by atoms with Crippen molar-refractivity contribution in [2.75, 3.05) is 17.2 Å². The number of anilines is 4. The van der Waals surface area contributed by atoms with Gasteiger partial charge in [0.25, 0.3) is 0 Å². The Morgan fingerprint density at radius 1 is 1.14 bits per heavy atom. The van der Waals surface area contributed by atoms with Gasteiger partial charge in [-0.3, -0.25) is 4.79 Å². The Morgan fingerprint density at radius 2 is 1.89 bits per heavy atom. The Kier molecular flexibility index (Phi) is 6.13. The number of hydrogen-bond acceptors (Lipinski definition) is 6. The van der Waals surface area contributed by atoms with Gasteiger partial charge < -0.3 is 21.1 Å². The molecular formula is C20H21FN5O2+. The number of aromatic hydroxyl groups is 1. The van der Waals surface area contributed by atoms with Gasteiger partial charge in [0.2, 0.25) is 5.95 Å². The zero-order chi connectivity index (χ0) is 19.9. The number of quaternary nitrogens is 1. The molecule has 0 spiro atoms. The number of rotatable bonds is 8. The topological polar surface area (TPSA) is 104 Å². The number of nitrogens with one attached hydrogen (secondary N) is 2. The van der Waals surface area contributed by atoms with E-state index in [4.69, 9.17) is 0 Å². The summed E-state index contributed by atoms with van der Waals surface area (Å²) in [6.07, 6.45) is 1.57. The number of benzene rings is 2. The minimum atomic E-state index is -0.617. The smallest absolute Gasteiger partial charge is 0.229 e. The predicted octanol–water partition coefficient (Wildman–Crippen LogP) is 2.98. The molecule has 2 aromatic carbocycles. The molecule has 144 valence electrons. The monoisotopic (exact) mass is 382 g/mol. The first kappa shape index (κ1) is 19.2. The lowest BCUT2D eigenvalue weighted by molar-refractivity contribution is -0.559. The van der Waals surface area contributed by atoms with E-state index in [9.17, 15) is 14.3 Å². The highest BCUT2D eigenvalue weighted by atomic mass is 19.1. The Morgan fingerprint density at radius 3 is 2.64 bits per heavy atom. The molecule has 3 aromatic rings. The lowest BCUT2D eigenvalue weighted by atomic mass is 10.2. The fraction of sp³-hybridized carbons (Fsp3) is 0.150. The average Bonchev–Trinajstić information content (AvgIpc) is 2.69. The molecule has 0 amide bonds. The van der Waals surface area contributed by atoms with Crippen LogP contribution in [0.25, 0.3) is 0 Å². The van der Waals surface area contributed by atoms with Crippen LogP contribution in [-0.4, -0.2) is 27.4 Å². The highest BCUT2D eigenvalue weighted by Gasteiger charge is 2.09. The Hall–Kier alpha value is -3.52. The molecule has 1 heterocycles. The zero-order valence-corrected chi connectivity index (χ0v) is 15.3. The number of carbonyl (C=O) groups is 1. The van der Waals surface area contributed by atoms with Gasteiger partial charge in [0.05, 0.1) is 6.20 Å². The first-order valence-electron chi connectivity index (χ1n) is 8.84. The number of nitrogens with zero attached hydrogens (tertiary/aromatic N) is 2. The first-order chi connectivity index (χ1) is 13.5. The van der Waals surface area contributed by atoms with Crippen molar-refractivity contribution in [3.63, 3.8) is 0 Å². The fourth-order valence-electron chi connectivity index (χ4n) is 2.48. The van der Waals surface area contributed by atoms with E-state index in [-0.39, 0.29) is 23.3 Å². The van der Waals surface area contributed by atoms with Crippen LogP contribution in [0, 0.1) is 5.82 Å². The van der Waals surface area contributed by atoms with E-state index in [1.807, 2.05) is 36.5 Å². The minimum Gasteiger partial charge on any atom is -0.508 e. The molecule has 0 aliphatic rings. The van der Waals surface area contributed by atoms with Crippen molar-refractivity contribution in [1.82, 2.24) is 9.97 Å². The molecule has 0 bridgehead atoms. The van der Waals surface area contributed by atoms with Gasteiger partial charge in [0, 0.05) is 29.9 Å². The van der Waals surface area contributed by atoms with Crippen molar-refractivity contribution >= 4 is 34.6 Å². The molecule has 1 aromatic heterocycles. The number of aromatic nitrogens is 2. The van der Waals surface area contributed by atoms with Crippen molar-refractivity contribution in [2.45, 2.75) is 13.3 Å². The second-order valence-electron chi connectivity index (χ2n) is 6.12. The van der Waals surface area contributed by atoms with Gasteiger partial charge >= 0.3 is 0 Å². The first-order valence-corrected chi connectivity index (χ1v) is 8.84. The molecule has 8 heteroatoms. The second kappa shape index (κ2) is 8.92. The van der Waals surface area contributed by atoms with E-state index >= 15 is 0 Å². The highest BCUT2D eigenvalue weighted by molar-refractivity contribution is 5.79. The maximum absolute atomic E-state index is 14.1. The van der Waals surface area contributed by atoms with Crippen molar-refractivity contribution in [1.29, 1.82) is 0 Å². The van der Waals surface area contributed by atoms with E-state index in [0.717, 1.165) is 11.9 Å². The van der Waals surface area contributed by atoms with Gasteiger partial charge in [-0.15, -0.1) is 0 Å². The van der Waals surface area contributed by atoms with Crippen LogP contribution in [0.3, 0.4) is 0 Å². The molecule has 0 unspecified atom stereocenters. The quantitative estimate of drug-likeness (QED) is 0.447. The van der Waals surface area contributed by atoms with E-state index < -0.39 is 5.82 Å². The van der Waals surface area contributed by atoms with Crippen LogP contribution in [0.1, 0.15) is 13.3 Å². The van der Waals surface area contributed by atoms with Crippen molar-refractivity contribution in [3.05, 3.63) is 60.5 Å². The second-order valence-corrected chi connectivity index (χ2v) is 6.12. The van der Waals surface area contributed by atoms with E-state index in [1.165, 1.54) is 12.1 Å². The van der Waals surface area contributed by atoms with E-state index in [1.54, 1.807) is 12.1 Å². The van der Waals surface area contributed by atoms with Crippen LogP contribution in [0.4, 0.5) is 33.2 Å². The van der Waals surface area contributed by atoms with Crippen LogP contribution < -0.4 is 16.0 Å². The summed E-state index contributed by atoms with van der Waals surface area (Å²) >= 11 is 0. The molecule has 3 rings (SSSR count). The van der Waals surface area contributed by atoms with Gasteiger partial charge in [-0.25, -0.2) is 9.37 Å². The Balaban J connectivity index is 1.73. The van der Waals surface area contributed by atoms with Crippen LogP contribution >= 0.6 is 0 Å². The van der Waals surface area contributed by atoms with Crippen molar-refractivity contribution < 1.29 is 19.6 Å². The third-order valence-electron chi connectivity index (χ3n) is 3.96. The van der Waals surface area contributed by atoms with Gasteiger partial charge in [-0.05, 0) is 24.3 Å². The summed E-state index contributed by atoms with van der Waals surface area (Å²) in [7, 11) is 0. The van der Waals surface area contributed by atoms with Crippen LogP contribution in [-0.2, 0) is 4.79 Å². The molecule has 0 atom stereocenters. The summed E-state index contributed by atoms with van der Waals surface area (Å²) in [6.45, 7) is 2.22. The highest BCUT2D eigenvalue weighted by Crippen LogP contribution is 2.23. The van der Waals surface area contributed by atoms with Gasteiger partial charge in [-0.2, -0.15) is 4.98 Å². The SMILES string of the molecule is CCC(=O)C[NH2+]c1cccc(Nc2ncc(F)c(Nc3cccc(O)c3)n2)c1. The third-order valence-corrected chi connectivity index (χ3v) is 3.96. The number of carbonyl (C=O) groups excluding carboxylic acids is 1. The minimum absolute atomic E-state index is 0.0145. The predicted molar refractivity (Wildman–Crippen MR) is 105 cm³/mol. The Bertz CT molecular complexity index is 980. The third kappa shape index (κ3) is 5.24. The molecule has 0 aliphatic carbocycles. The normalized spacial score (nSPS) is 10.5. The molecule has 0 aliphatic heterocycles. The Labute approximate surface area is 161 Å². The van der Waals surface area contributed by atoms with Crippen LogP contribution in [0.2, 0.25) is 0 Å². The number of ketones is 1. The standard InChI is InChI=1S/C20H20FN5O2/c1-2-16(27)11-22-13-5-3-6-14(9-13)25-20-23-12-18(21)19(26-20)24-15-7-4-8-17(28)10-15/h3-10,12,22,28H,2,11H2,1H3,(H2,23,24,25,26)/p+1. The lowest BCUT2D eigenvalue weighted by Crippen LogP contribution is -2.79. The van der Waals surface area contributed by atoms with E-state index in [2.05, 4.69) is 20.6 Å². The molecule has 0 radical (unpaired) electrons. The molecular weight excluding hydrogens is 361 g/mol.